The molecule has 0 saturated carbocycles. The molecule has 0 bridgehead atoms. The van der Waals surface area contributed by atoms with Gasteiger partial charge in [0, 0.05) is 57.2 Å². The van der Waals surface area contributed by atoms with Crippen molar-refractivity contribution in [2.75, 3.05) is 44.2 Å². The van der Waals surface area contributed by atoms with Crippen LogP contribution in [0.2, 0.25) is 0 Å². The molecule has 0 spiro atoms. The SMILES string of the molecule is Cc1ccc(Cc2nsc(N3CCN(CCNS(=O)(=O)Cc4ccccc4)CC3)n2)cc1. The Balaban J connectivity index is 1.20. The van der Waals surface area contributed by atoms with E-state index in [1.807, 2.05) is 30.3 Å². The van der Waals surface area contributed by atoms with Crippen molar-refractivity contribution in [1.82, 2.24) is 19.0 Å². The van der Waals surface area contributed by atoms with Crippen molar-refractivity contribution in [2.45, 2.75) is 19.1 Å². The van der Waals surface area contributed by atoms with Crippen molar-refractivity contribution in [3.8, 4) is 0 Å². The van der Waals surface area contributed by atoms with Crippen LogP contribution < -0.4 is 9.62 Å². The Morgan fingerprint density at radius 1 is 0.969 bits per heavy atom. The van der Waals surface area contributed by atoms with Gasteiger partial charge in [0.1, 0.15) is 5.82 Å². The molecule has 1 aliphatic rings. The molecule has 1 aromatic heterocycles. The molecular formula is C23H29N5O2S2. The van der Waals surface area contributed by atoms with Gasteiger partial charge in [0.15, 0.2) is 0 Å². The minimum absolute atomic E-state index is 0.0174. The van der Waals surface area contributed by atoms with Crippen molar-refractivity contribution in [2.24, 2.45) is 0 Å². The lowest BCUT2D eigenvalue weighted by Crippen LogP contribution is -2.48. The zero-order chi connectivity index (χ0) is 22.4. The van der Waals surface area contributed by atoms with E-state index in [0.717, 1.165) is 49.1 Å². The normalized spacial score (nSPS) is 15.2. The van der Waals surface area contributed by atoms with Gasteiger partial charge in [-0.15, -0.1) is 0 Å². The standard InChI is InChI=1S/C23H29N5O2S2/c1-19-7-9-20(10-8-19)17-22-25-23(31-26-22)28-15-13-27(14-16-28)12-11-24-32(29,30)18-21-5-3-2-4-6-21/h2-10,24H,11-18H2,1H3. The van der Waals surface area contributed by atoms with Gasteiger partial charge in [-0.3, -0.25) is 4.90 Å². The number of sulfonamides is 1. The Labute approximate surface area is 194 Å². The van der Waals surface area contributed by atoms with Crippen molar-refractivity contribution in [1.29, 1.82) is 0 Å². The molecule has 32 heavy (non-hydrogen) atoms. The van der Waals surface area contributed by atoms with Crippen molar-refractivity contribution in [3.05, 3.63) is 77.1 Å². The van der Waals surface area contributed by atoms with Crippen molar-refractivity contribution in [3.63, 3.8) is 0 Å². The van der Waals surface area contributed by atoms with Gasteiger partial charge in [0.25, 0.3) is 0 Å². The van der Waals surface area contributed by atoms with Gasteiger partial charge < -0.3 is 4.90 Å². The lowest BCUT2D eigenvalue weighted by Gasteiger charge is -2.34. The van der Waals surface area contributed by atoms with E-state index in [-0.39, 0.29) is 5.75 Å². The summed E-state index contributed by atoms with van der Waals surface area (Å²) in [7, 11) is -3.32. The van der Waals surface area contributed by atoms with Crippen LogP contribution in [0.5, 0.6) is 0 Å². The minimum Gasteiger partial charge on any atom is -0.344 e. The summed E-state index contributed by atoms with van der Waals surface area (Å²) in [4.78, 5) is 9.29. The van der Waals surface area contributed by atoms with Crippen LogP contribution in [0.1, 0.15) is 22.5 Å². The van der Waals surface area contributed by atoms with Gasteiger partial charge in [-0.05, 0) is 18.1 Å². The first-order valence-corrected chi connectivity index (χ1v) is 13.3. The Kier molecular flexibility index (Phi) is 7.51. The molecule has 2 heterocycles. The highest BCUT2D eigenvalue weighted by atomic mass is 32.2. The molecular weight excluding hydrogens is 442 g/mol. The second-order valence-corrected chi connectivity index (χ2v) is 10.7. The van der Waals surface area contributed by atoms with Crippen LogP contribution in [0, 0.1) is 6.92 Å². The topological polar surface area (TPSA) is 78.4 Å². The summed E-state index contributed by atoms with van der Waals surface area (Å²) in [5.74, 6) is 0.882. The summed E-state index contributed by atoms with van der Waals surface area (Å²) in [6.07, 6.45) is 0.750. The number of nitrogens with one attached hydrogen (secondary N) is 1. The van der Waals surface area contributed by atoms with E-state index in [0.29, 0.717) is 13.1 Å². The van der Waals surface area contributed by atoms with Crippen LogP contribution >= 0.6 is 11.5 Å². The fraction of sp³-hybridized carbons (Fsp3) is 0.391. The quantitative estimate of drug-likeness (QED) is 0.517. The van der Waals surface area contributed by atoms with Crippen molar-refractivity contribution < 1.29 is 8.42 Å². The first-order chi connectivity index (χ1) is 15.5. The summed E-state index contributed by atoms with van der Waals surface area (Å²) in [6, 6.07) is 17.7. The molecule has 1 fully saturated rings. The summed E-state index contributed by atoms with van der Waals surface area (Å²) in [6.45, 7) is 6.72. The molecule has 2 aromatic carbocycles. The fourth-order valence-electron chi connectivity index (χ4n) is 3.70. The summed E-state index contributed by atoms with van der Waals surface area (Å²) in [5, 5.41) is 0.968. The Morgan fingerprint density at radius 2 is 1.69 bits per heavy atom. The highest BCUT2D eigenvalue weighted by Gasteiger charge is 2.20. The second-order valence-electron chi connectivity index (χ2n) is 8.12. The molecule has 0 atom stereocenters. The zero-order valence-electron chi connectivity index (χ0n) is 18.3. The second kappa shape index (κ2) is 10.5. The lowest BCUT2D eigenvalue weighted by atomic mass is 10.1. The molecule has 9 heteroatoms. The Morgan fingerprint density at radius 3 is 2.41 bits per heavy atom. The molecule has 0 amide bonds. The maximum absolute atomic E-state index is 12.3. The van der Waals surface area contributed by atoms with Gasteiger partial charge in [-0.25, -0.2) is 18.1 Å². The number of hydrogen-bond donors (Lipinski definition) is 1. The largest absolute Gasteiger partial charge is 0.344 e. The number of aromatic nitrogens is 2. The van der Waals surface area contributed by atoms with Gasteiger partial charge in [0.2, 0.25) is 15.2 Å². The summed E-state index contributed by atoms with van der Waals surface area (Å²) >= 11 is 1.46. The number of benzene rings is 2. The molecule has 4 rings (SSSR count). The van der Waals surface area contributed by atoms with Crippen molar-refractivity contribution >= 4 is 26.7 Å². The number of aryl methyl sites for hydroxylation is 1. The Hall–Kier alpha value is -2.33. The molecule has 7 nitrogen and oxygen atoms in total. The van der Waals surface area contributed by atoms with Gasteiger partial charge in [-0.2, -0.15) is 4.37 Å². The summed E-state index contributed by atoms with van der Waals surface area (Å²) in [5.41, 5.74) is 3.27. The Bertz CT molecular complexity index is 1090. The average Bonchev–Trinajstić information content (AvgIpc) is 3.24. The molecule has 3 aromatic rings. The first kappa shape index (κ1) is 22.8. The van der Waals surface area contributed by atoms with E-state index in [9.17, 15) is 8.42 Å². The average molecular weight is 472 g/mol. The predicted molar refractivity (Wildman–Crippen MR) is 130 cm³/mol. The molecule has 1 aliphatic heterocycles. The van der Waals surface area contributed by atoms with Crippen LogP contribution in [-0.4, -0.2) is 61.9 Å². The van der Waals surface area contributed by atoms with E-state index in [4.69, 9.17) is 4.98 Å². The molecule has 0 radical (unpaired) electrons. The van der Waals surface area contributed by atoms with Crippen LogP contribution in [0.25, 0.3) is 0 Å². The molecule has 0 unspecified atom stereocenters. The molecule has 0 aliphatic carbocycles. The monoisotopic (exact) mass is 471 g/mol. The summed E-state index contributed by atoms with van der Waals surface area (Å²) < 4.78 is 31.8. The lowest BCUT2D eigenvalue weighted by molar-refractivity contribution is 0.262. The highest BCUT2D eigenvalue weighted by molar-refractivity contribution is 7.88. The number of anilines is 1. The highest BCUT2D eigenvalue weighted by Crippen LogP contribution is 2.20. The van der Waals surface area contributed by atoms with Gasteiger partial charge in [-0.1, -0.05) is 60.2 Å². The third kappa shape index (κ3) is 6.59. The third-order valence-electron chi connectivity index (χ3n) is 5.53. The van der Waals surface area contributed by atoms with E-state index >= 15 is 0 Å². The van der Waals surface area contributed by atoms with E-state index in [2.05, 4.69) is 50.1 Å². The zero-order valence-corrected chi connectivity index (χ0v) is 19.9. The maximum Gasteiger partial charge on any atom is 0.215 e. The molecule has 1 saturated heterocycles. The molecule has 170 valence electrons. The van der Waals surface area contributed by atoms with Gasteiger partial charge >= 0.3 is 0 Å². The number of piperazine rings is 1. The smallest absolute Gasteiger partial charge is 0.215 e. The van der Waals surface area contributed by atoms with Crippen LogP contribution in [0.3, 0.4) is 0 Å². The van der Waals surface area contributed by atoms with Gasteiger partial charge in [0.05, 0.1) is 5.75 Å². The minimum atomic E-state index is -3.32. The predicted octanol–water partition coefficient (Wildman–Crippen LogP) is 2.68. The number of hydrogen-bond acceptors (Lipinski definition) is 7. The van der Waals surface area contributed by atoms with Crippen LogP contribution in [0.15, 0.2) is 54.6 Å². The van der Waals surface area contributed by atoms with E-state index in [1.54, 1.807) is 0 Å². The number of nitrogens with zero attached hydrogens (tertiary/aromatic N) is 4. The van der Waals surface area contributed by atoms with Crippen LogP contribution in [-0.2, 0) is 22.2 Å². The van der Waals surface area contributed by atoms with E-state index in [1.165, 1.54) is 22.7 Å². The van der Waals surface area contributed by atoms with Crippen LogP contribution in [0.4, 0.5) is 5.13 Å². The maximum atomic E-state index is 12.3. The third-order valence-corrected chi connectivity index (χ3v) is 7.70. The first-order valence-electron chi connectivity index (χ1n) is 10.8. The fourth-order valence-corrected chi connectivity index (χ4v) is 5.57. The van der Waals surface area contributed by atoms with E-state index < -0.39 is 10.0 Å². The molecule has 1 N–H and O–H groups in total. The number of rotatable bonds is 9.